The molecule has 0 radical (unpaired) electrons. The largest absolute Gasteiger partial charge is 0.497 e. The van der Waals surface area contributed by atoms with Gasteiger partial charge in [-0.3, -0.25) is 9.59 Å². The third-order valence-corrected chi connectivity index (χ3v) is 5.55. The van der Waals surface area contributed by atoms with Gasteiger partial charge in [-0.2, -0.15) is 0 Å². The quantitative estimate of drug-likeness (QED) is 0.838. The average Bonchev–Trinajstić information content (AvgIpc) is 2.94. The number of carbonyl (C=O) groups excluding carboxylic acids is 2. The zero-order chi connectivity index (χ0) is 19.8. The third-order valence-electron chi connectivity index (χ3n) is 5.55. The van der Waals surface area contributed by atoms with Crippen LogP contribution in [0.25, 0.3) is 0 Å². The van der Waals surface area contributed by atoms with Crippen LogP contribution in [0.3, 0.4) is 0 Å². The van der Waals surface area contributed by atoms with Gasteiger partial charge in [-0.05, 0) is 52.0 Å². The number of hydrogen-bond donors (Lipinski definition) is 2. The van der Waals surface area contributed by atoms with Gasteiger partial charge in [0, 0.05) is 37.5 Å². The van der Waals surface area contributed by atoms with Gasteiger partial charge in [0.25, 0.3) is 0 Å². The van der Waals surface area contributed by atoms with E-state index in [2.05, 4.69) is 38.3 Å². The van der Waals surface area contributed by atoms with Crippen molar-refractivity contribution in [2.24, 2.45) is 5.92 Å². The summed E-state index contributed by atoms with van der Waals surface area (Å²) >= 11 is 0. The van der Waals surface area contributed by atoms with Crippen LogP contribution in [0, 0.1) is 5.92 Å². The van der Waals surface area contributed by atoms with Gasteiger partial charge in [-0.15, -0.1) is 0 Å². The molecule has 3 rings (SSSR count). The lowest BCUT2D eigenvalue weighted by atomic mass is 9.79. The summed E-state index contributed by atoms with van der Waals surface area (Å²) in [6.07, 6.45) is 2.14. The van der Waals surface area contributed by atoms with Crippen molar-refractivity contribution in [2.75, 3.05) is 18.6 Å². The highest BCUT2D eigenvalue weighted by molar-refractivity contribution is 6.00. The first-order chi connectivity index (χ1) is 12.6. The molecule has 2 amide bonds. The van der Waals surface area contributed by atoms with Crippen molar-refractivity contribution in [3.63, 3.8) is 0 Å². The molecule has 0 unspecified atom stereocenters. The zero-order valence-electron chi connectivity index (χ0n) is 17.0. The van der Waals surface area contributed by atoms with Crippen molar-refractivity contribution in [1.82, 2.24) is 5.32 Å². The summed E-state index contributed by atoms with van der Waals surface area (Å²) in [4.78, 5) is 27.0. The molecule has 6 heteroatoms. The van der Waals surface area contributed by atoms with E-state index in [4.69, 9.17) is 4.74 Å². The van der Waals surface area contributed by atoms with Crippen LogP contribution in [-0.4, -0.2) is 42.6 Å². The van der Waals surface area contributed by atoms with Crippen molar-refractivity contribution in [1.29, 1.82) is 0 Å². The van der Waals surface area contributed by atoms with Crippen molar-refractivity contribution in [3.05, 3.63) is 24.3 Å². The van der Waals surface area contributed by atoms with Crippen LogP contribution in [0.4, 0.5) is 5.69 Å². The molecule has 2 fully saturated rings. The summed E-state index contributed by atoms with van der Waals surface area (Å²) in [6.45, 7) is 9.31. The van der Waals surface area contributed by atoms with Gasteiger partial charge in [0.15, 0.2) is 0 Å². The molecule has 2 aliphatic heterocycles. The fourth-order valence-corrected chi connectivity index (χ4v) is 4.83. The van der Waals surface area contributed by atoms with E-state index in [-0.39, 0.29) is 41.3 Å². The number of quaternary nitrogens is 1. The number of carbonyl (C=O) groups is 2. The van der Waals surface area contributed by atoms with E-state index < -0.39 is 0 Å². The summed E-state index contributed by atoms with van der Waals surface area (Å²) < 4.78 is 5.17. The number of anilines is 1. The van der Waals surface area contributed by atoms with Crippen molar-refractivity contribution in [2.45, 2.75) is 64.1 Å². The van der Waals surface area contributed by atoms with Crippen molar-refractivity contribution >= 4 is 17.5 Å². The molecular formula is C21H32N3O3+. The fraction of sp³-hybridized carbons (Fsp3) is 0.619. The maximum Gasteiger partial charge on any atom is 0.227 e. The molecule has 2 heterocycles. The van der Waals surface area contributed by atoms with Crippen LogP contribution < -0.4 is 20.3 Å². The van der Waals surface area contributed by atoms with Crippen molar-refractivity contribution < 1.29 is 19.6 Å². The van der Waals surface area contributed by atoms with Gasteiger partial charge in [-0.1, -0.05) is 0 Å². The maximum atomic E-state index is 12.8. The Kier molecular flexibility index (Phi) is 5.21. The first kappa shape index (κ1) is 19.7. The second kappa shape index (κ2) is 7.15. The van der Waals surface area contributed by atoms with E-state index in [1.807, 2.05) is 24.3 Å². The van der Waals surface area contributed by atoms with Crippen LogP contribution in [0.1, 0.15) is 47.0 Å². The van der Waals surface area contributed by atoms with Crippen LogP contribution in [-0.2, 0) is 9.59 Å². The Morgan fingerprint density at radius 2 is 1.74 bits per heavy atom. The average molecular weight is 375 g/mol. The van der Waals surface area contributed by atoms with Gasteiger partial charge in [-0.25, -0.2) is 0 Å². The number of benzene rings is 1. The first-order valence-corrected chi connectivity index (χ1v) is 9.70. The van der Waals surface area contributed by atoms with Gasteiger partial charge in [0.05, 0.1) is 24.1 Å². The Balaban J connectivity index is 1.63. The second-order valence-electron chi connectivity index (χ2n) is 9.34. The van der Waals surface area contributed by atoms with Crippen molar-refractivity contribution in [3.8, 4) is 5.75 Å². The predicted octanol–water partition coefficient (Wildman–Crippen LogP) is 1.45. The maximum absolute atomic E-state index is 12.8. The molecule has 0 bridgehead atoms. The molecule has 6 nitrogen and oxygen atoms in total. The summed E-state index contributed by atoms with van der Waals surface area (Å²) in [5, 5.41) is 5.62. The number of nitrogens with two attached hydrogens (primary N) is 1. The number of nitrogens with one attached hydrogen (secondary N) is 1. The standard InChI is InChI=1S/C21H31N3O3/c1-20(2)11-15(12-21(3,4)23-20)22-19(26)14-10-18(25)24(13-14)16-6-8-17(27-5)9-7-16/h6-9,14-15,23H,10-13H2,1-5H3,(H,22,26)/p+1/t14-/m0/s1. The number of ether oxygens (including phenoxy) is 1. The minimum atomic E-state index is -0.295. The first-order valence-electron chi connectivity index (χ1n) is 9.70. The normalized spacial score (nSPS) is 24.7. The Morgan fingerprint density at radius 1 is 1.15 bits per heavy atom. The SMILES string of the molecule is COc1ccc(N2C[C@@H](C(=O)NC3CC(C)(C)[NH2+]C(C)(C)C3)CC2=O)cc1. The molecule has 148 valence electrons. The molecule has 1 atom stereocenters. The number of rotatable bonds is 4. The number of hydrogen-bond acceptors (Lipinski definition) is 3. The van der Waals surface area contributed by atoms with E-state index in [1.54, 1.807) is 12.0 Å². The Bertz CT molecular complexity index is 696. The number of methoxy groups -OCH3 is 1. The molecule has 2 aliphatic rings. The van der Waals surface area contributed by atoms with E-state index in [1.165, 1.54) is 0 Å². The molecule has 0 spiro atoms. The molecule has 0 aromatic heterocycles. The molecule has 1 aromatic rings. The fourth-order valence-electron chi connectivity index (χ4n) is 4.83. The second-order valence-corrected chi connectivity index (χ2v) is 9.34. The zero-order valence-corrected chi connectivity index (χ0v) is 17.0. The molecule has 3 N–H and O–H groups in total. The summed E-state index contributed by atoms with van der Waals surface area (Å²) in [5.74, 6) is 0.451. The Labute approximate surface area is 161 Å². The monoisotopic (exact) mass is 374 g/mol. The van der Waals surface area contributed by atoms with E-state index >= 15 is 0 Å². The van der Waals surface area contributed by atoms with Crippen LogP contribution >= 0.6 is 0 Å². The topological polar surface area (TPSA) is 75.2 Å². The molecule has 0 aliphatic carbocycles. The smallest absolute Gasteiger partial charge is 0.227 e. The summed E-state index contributed by atoms with van der Waals surface area (Å²) in [5.41, 5.74) is 1.01. The van der Waals surface area contributed by atoms with E-state index in [0.717, 1.165) is 24.3 Å². The van der Waals surface area contributed by atoms with Gasteiger partial charge < -0.3 is 20.3 Å². The molecule has 2 saturated heterocycles. The Morgan fingerprint density at radius 3 is 2.30 bits per heavy atom. The minimum absolute atomic E-state index is 0.00189. The summed E-state index contributed by atoms with van der Waals surface area (Å²) in [6, 6.07) is 7.53. The number of piperidine rings is 1. The lowest BCUT2D eigenvalue weighted by Crippen LogP contribution is -3.06. The van der Waals surface area contributed by atoms with Crippen LogP contribution in [0.5, 0.6) is 5.75 Å². The van der Waals surface area contributed by atoms with E-state index in [9.17, 15) is 9.59 Å². The molecule has 0 saturated carbocycles. The van der Waals surface area contributed by atoms with Gasteiger partial charge in [0.2, 0.25) is 11.8 Å². The summed E-state index contributed by atoms with van der Waals surface area (Å²) in [7, 11) is 1.61. The van der Waals surface area contributed by atoms with Crippen LogP contribution in [0.15, 0.2) is 24.3 Å². The predicted molar refractivity (Wildman–Crippen MR) is 105 cm³/mol. The minimum Gasteiger partial charge on any atom is -0.497 e. The van der Waals surface area contributed by atoms with Gasteiger partial charge in [0.1, 0.15) is 5.75 Å². The van der Waals surface area contributed by atoms with E-state index in [0.29, 0.717) is 6.54 Å². The third kappa shape index (κ3) is 4.61. The number of amides is 2. The molecule has 1 aromatic carbocycles. The highest BCUT2D eigenvalue weighted by Gasteiger charge is 2.43. The highest BCUT2D eigenvalue weighted by atomic mass is 16.5. The Hall–Kier alpha value is -2.08. The number of nitrogens with zero attached hydrogens (tertiary/aromatic N) is 1. The highest BCUT2D eigenvalue weighted by Crippen LogP contribution is 2.28. The lowest BCUT2D eigenvalue weighted by Gasteiger charge is -2.43. The van der Waals surface area contributed by atoms with Gasteiger partial charge >= 0.3 is 0 Å². The lowest BCUT2D eigenvalue weighted by molar-refractivity contribution is -0.787. The molecular weight excluding hydrogens is 342 g/mol. The molecule has 27 heavy (non-hydrogen) atoms. The van der Waals surface area contributed by atoms with Crippen LogP contribution in [0.2, 0.25) is 0 Å².